The number of hydrogen-bond acceptors (Lipinski definition) is 0. The van der Waals surface area contributed by atoms with Gasteiger partial charge in [0.15, 0.2) is 0 Å². The molecule has 0 saturated heterocycles. The summed E-state index contributed by atoms with van der Waals surface area (Å²) in [4.78, 5) is 0. The molecule has 1 aliphatic carbocycles. The Labute approximate surface area is 66.3 Å². The summed E-state index contributed by atoms with van der Waals surface area (Å²) in [5.41, 5.74) is 0. The second-order valence-corrected chi connectivity index (χ2v) is 1.62. The molecule has 1 rings (SSSR count). The van der Waals surface area contributed by atoms with Gasteiger partial charge in [0.1, 0.15) is 0 Å². The Morgan fingerprint density at radius 1 is 1.88 bits per heavy atom. The SMILES string of the molecule is [2H]C([2H])(C)C1([2H])C([2H])([2H])C([2H])([2H])C([2H])(C)C1([2H])[2H]. The van der Waals surface area contributed by atoms with Crippen LogP contribution in [0.2, 0.25) is 0 Å². The maximum Gasteiger partial charge on any atom is 0.0303 e. The Bertz CT molecular complexity index is 337. The van der Waals surface area contributed by atoms with Gasteiger partial charge >= 0.3 is 0 Å². The Balaban J connectivity index is 3.75. The molecule has 1 saturated carbocycles. The fraction of sp³-hybridized carbons (Fsp3) is 1.00. The van der Waals surface area contributed by atoms with Crippen molar-refractivity contribution in [2.24, 2.45) is 11.8 Å². The summed E-state index contributed by atoms with van der Waals surface area (Å²) in [7, 11) is 0. The first-order valence-corrected chi connectivity index (χ1v) is 2.50. The molecule has 0 heterocycles. The molecular formula is C8H16. The minimum absolute atomic E-state index is 0.840. The highest BCUT2D eigenvalue weighted by Crippen LogP contribution is 2.31. The first-order valence-electron chi connectivity index (χ1n) is 7.50. The van der Waals surface area contributed by atoms with E-state index in [9.17, 15) is 0 Å². The molecule has 0 aliphatic heterocycles. The van der Waals surface area contributed by atoms with Crippen molar-refractivity contribution in [3.05, 3.63) is 0 Å². The lowest BCUT2D eigenvalue weighted by Crippen LogP contribution is -1.89. The lowest BCUT2D eigenvalue weighted by atomic mass is 10.0. The molecule has 0 radical (unpaired) electrons. The summed E-state index contributed by atoms with van der Waals surface area (Å²) < 4.78 is 77.2. The molecule has 0 aromatic rings. The van der Waals surface area contributed by atoms with E-state index in [0.717, 1.165) is 13.8 Å². The van der Waals surface area contributed by atoms with Gasteiger partial charge in [0.05, 0.1) is 0 Å². The van der Waals surface area contributed by atoms with Crippen molar-refractivity contribution in [3.8, 4) is 0 Å². The minimum atomic E-state index is -3.14. The summed E-state index contributed by atoms with van der Waals surface area (Å²) in [6.07, 6.45) is -11.8. The summed E-state index contributed by atoms with van der Waals surface area (Å²) in [6, 6.07) is 0. The maximum absolute atomic E-state index is 7.96. The van der Waals surface area contributed by atoms with Crippen molar-refractivity contribution in [2.75, 3.05) is 0 Å². The van der Waals surface area contributed by atoms with Gasteiger partial charge in [-0.1, -0.05) is 33.0 Å². The fourth-order valence-corrected chi connectivity index (χ4v) is 0.531. The average molecular weight is 122 g/mol. The third-order valence-electron chi connectivity index (χ3n) is 0.938. The summed E-state index contributed by atoms with van der Waals surface area (Å²) in [5.74, 6) is -5.60. The maximum atomic E-state index is 7.96. The van der Waals surface area contributed by atoms with Gasteiger partial charge in [0.2, 0.25) is 0 Å². The topological polar surface area (TPSA) is 0 Å². The van der Waals surface area contributed by atoms with Crippen LogP contribution in [0.25, 0.3) is 0 Å². The normalized spacial score (nSPS) is 95.8. The van der Waals surface area contributed by atoms with Crippen LogP contribution in [0.15, 0.2) is 0 Å². The molecule has 0 aromatic carbocycles. The third kappa shape index (κ3) is 1.24. The lowest BCUT2D eigenvalue weighted by molar-refractivity contribution is 0.501. The first kappa shape index (κ1) is 1.21. The van der Waals surface area contributed by atoms with E-state index in [2.05, 4.69) is 0 Å². The smallest absolute Gasteiger partial charge is 0.0303 e. The van der Waals surface area contributed by atoms with Crippen molar-refractivity contribution < 1.29 is 13.7 Å². The summed E-state index contributed by atoms with van der Waals surface area (Å²) in [6.45, 7) is 1.71. The van der Waals surface area contributed by atoms with Gasteiger partial charge in [-0.25, -0.2) is 0 Å². The van der Waals surface area contributed by atoms with Crippen LogP contribution >= 0.6 is 0 Å². The molecular weight excluding hydrogens is 96.1 g/mol. The van der Waals surface area contributed by atoms with Crippen LogP contribution in [0.5, 0.6) is 0 Å². The first-order chi connectivity index (χ1) is 7.50. The van der Waals surface area contributed by atoms with Crippen LogP contribution in [-0.2, 0) is 0 Å². The predicted molar refractivity (Wildman–Crippen MR) is 36.8 cm³/mol. The summed E-state index contributed by atoms with van der Waals surface area (Å²) >= 11 is 0. The van der Waals surface area contributed by atoms with Crippen molar-refractivity contribution in [3.63, 3.8) is 0 Å². The molecule has 0 nitrogen and oxygen atoms in total. The molecule has 0 spiro atoms. The Kier molecular flexibility index (Phi) is 0.381. The zero-order valence-electron chi connectivity index (χ0n) is 15.0. The van der Waals surface area contributed by atoms with Crippen LogP contribution in [0.1, 0.15) is 53.0 Å². The monoisotopic (exact) mass is 122 g/mol. The molecule has 0 N–H and O–H groups in total. The van der Waals surface area contributed by atoms with E-state index < -0.39 is 37.3 Å². The van der Waals surface area contributed by atoms with E-state index in [0.29, 0.717) is 0 Å². The van der Waals surface area contributed by atoms with E-state index in [1.165, 1.54) is 0 Å². The molecule has 2 unspecified atom stereocenters. The van der Waals surface area contributed by atoms with Crippen molar-refractivity contribution in [1.29, 1.82) is 0 Å². The number of hydrogen-bond donors (Lipinski definition) is 0. The minimum Gasteiger partial charge on any atom is -0.0651 e. The molecule has 0 bridgehead atoms. The molecule has 48 valence electrons. The summed E-state index contributed by atoms with van der Waals surface area (Å²) in [5, 5.41) is 0. The van der Waals surface area contributed by atoms with Gasteiger partial charge < -0.3 is 0 Å². The van der Waals surface area contributed by atoms with E-state index in [1.807, 2.05) is 0 Å². The van der Waals surface area contributed by atoms with Crippen LogP contribution in [0, 0.1) is 11.8 Å². The standard InChI is InChI=1S/C8H16/c1-3-8-5-4-7(2)6-8/h7-8H,3-6H2,1-2H3/i3D2,4D2,5D2,6D2,7D,8D. The lowest BCUT2D eigenvalue weighted by Gasteiger charge is -2.02. The van der Waals surface area contributed by atoms with E-state index >= 15 is 0 Å². The van der Waals surface area contributed by atoms with Crippen LogP contribution in [-0.4, -0.2) is 0 Å². The predicted octanol–water partition coefficient (Wildman–Crippen LogP) is 2.83. The van der Waals surface area contributed by atoms with Gasteiger partial charge in [0.25, 0.3) is 0 Å². The van der Waals surface area contributed by atoms with E-state index in [4.69, 9.17) is 13.7 Å². The van der Waals surface area contributed by atoms with Gasteiger partial charge in [-0.05, 0) is 18.2 Å². The zero-order valence-corrected chi connectivity index (χ0v) is 5.00. The average Bonchev–Trinajstić information content (AvgIpc) is 2.16. The van der Waals surface area contributed by atoms with Gasteiger partial charge in [-0.2, -0.15) is 0 Å². The molecule has 0 amide bonds. The van der Waals surface area contributed by atoms with Crippen molar-refractivity contribution >= 4 is 0 Å². The zero-order chi connectivity index (χ0) is 15.0. The van der Waals surface area contributed by atoms with Gasteiger partial charge in [-0.15, -0.1) is 0 Å². The number of rotatable bonds is 1. The largest absolute Gasteiger partial charge is 0.0651 e. The van der Waals surface area contributed by atoms with Gasteiger partial charge in [-0.3, -0.25) is 0 Å². The highest BCUT2D eigenvalue weighted by Gasteiger charge is 2.18. The molecule has 2 atom stereocenters. The van der Waals surface area contributed by atoms with Crippen LogP contribution in [0.3, 0.4) is 0 Å². The Morgan fingerprint density at radius 3 is 2.88 bits per heavy atom. The van der Waals surface area contributed by atoms with Crippen LogP contribution in [0.4, 0.5) is 0 Å². The molecule has 0 heteroatoms. The van der Waals surface area contributed by atoms with Crippen molar-refractivity contribution in [2.45, 2.75) is 39.3 Å². The molecule has 1 aliphatic rings. The van der Waals surface area contributed by atoms with Crippen molar-refractivity contribution in [1.82, 2.24) is 0 Å². The van der Waals surface area contributed by atoms with E-state index in [-0.39, 0.29) is 0 Å². The molecule has 8 heavy (non-hydrogen) atoms. The van der Waals surface area contributed by atoms with Crippen LogP contribution < -0.4 is 0 Å². The van der Waals surface area contributed by atoms with Gasteiger partial charge in [0, 0.05) is 13.7 Å². The molecule has 1 fully saturated rings. The Hall–Kier alpha value is 0. The molecule has 0 aromatic heterocycles. The van der Waals surface area contributed by atoms with E-state index in [1.54, 1.807) is 0 Å². The second kappa shape index (κ2) is 2.52. The highest BCUT2D eigenvalue weighted by atomic mass is 14.2. The quantitative estimate of drug-likeness (QED) is 0.501. The fourth-order valence-electron chi connectivity index (χ4n) is 0.531. The second-order valence-electron chi connectivity index (χ2n) is 1.62. The Morgan fingerprint density at radius 2 is 2.62 bits per heavy atom. The third-order valence-corrected chi connectivity index (χ3v) is 0.938. The highest BCUT2D eigenvalue weighted by molar-refractivity contribution is 4.70.